The molecule has 0 aromatic carbocycles. The molecule has 2 rings (SSSR count). The van der Waals surface area contributed by atoms with Gasteiger partial charge in [0.1, 0.15) is 48.8 Å². The molecule has 0 spiro atoms. The van der Waals surface area contributed by atoms with Gasteiger partial charge in [-0.1, -0.05) is 295 Å². The number of carbonyl (C=O) groups is 1. The molecule has 484 valence electrons. The number of unbranched alkanes of at least 4 members (excludes halogenated alkanes) is 42. The van der Waals surface area contributed by atoms with Crippen molar-refractivity contribution in [3.05, 3.63) is 24.3 Å². The SMILES string of the molecule is CCCCCCCCCCC/C=C/CC/C=C/C(O)C(COC1OC(CO)C(OC2OC(CO)C(O)C(O)C2O)C(O)C1O)NC(=O)CCCCCCCCCCCCCCCCCCCCCCCCCCCCCCCCCCC. The van der Waals surface area contributed by atoms with Gasteiger partial charge < -0.3 is 65.1 Å². The smallest absolute Gasteiger partial charge is 0.220 e. The number of carbonyl (C=O) groups excluding carboxylic acids is 1. The Hall–Kier alpha value is -1.53. The Morgan fingerprint density at radius 3 is 1.20 bits per heavy atom. The Labute approximate surface area is 500 Å². The summed E-state index contributed by atoms with van der Waals surface area (Å²) in [6.45, 7) is 2.81. The van der Waals surface area contributed by atoms with Crippen LogP contribution in [0.25, 0.3) is 0 Å². The van der Waals surface area contributed by atoms with Crippen molar-refractivity contribution in [3.8, 4) is 0 Å². The Morgan fingerprint density at radius 2 is 0.780 bits per heavy atom. The minimum atomic E-state index is -1.79. The minimum Gasteiger partial charge on any atom is -0.394 e. The van der Waals surface area contributed by atoms with E-state index in [4.69, 9.17) is 18.9 Å². The van der Waals surface area contributed by atoms with Crippen LogP contribution in [-0.2, 0) is 23.7 Å². The molecule has 9 N–H and O–H groups in total. The van der Waals surface area contributed by atoms with Crippen LogP contribution >= 0.6 is 0 Å². The molecule has 0 aromatic heterocycles. The first-order valence-corrected chi connectivity index (χ1v) is 34.6. The van der Waals surface area contributed by atoms with Crippen molar-refractivity contribution in [1.82, 2.24) is 5.32 Å². The third kappa shape index (κ3) is 37.9. The van der Waals surface area contributed by atoms with E-state index in [9.17, 15) is 45.6 Å². The van der Waals surface area contributed by atoms with Gasteiger partial charge in [0.2, 0.25) is 5.91 Å². The number of aliphatic hydroxyl groups excluding tert-OH is 8. The molecular weight excluding hydrogens is 1040 g/mol. The molecule has 82 heavy (non-hydrogen) atoms. The number of aliphatic hydroxyl groups is 8. The van der Waals surface area contributed by atoms with E-state index in [1.54, 1.807) is 6.08 Å². The van der Waals surface area contributed by atoms with Crippen molar-refractivity contribution < 1.29 is 64.6 Å². The van der Waals surface area contributed by atoms with Crippen LogP contribution < -0.4 is 5.32 Å². The molecule has 0 aromatic rings. The lowest BCUT2D eigenvalue weighted by atomic mass is 9.97. The van der Waals surface area contributed by atoms with E-state index in [1.165, 1.54) is 244 Å². The lowest BCUT2D eigenvalue weighted by molar-refractivity contribution is -0.359. The highest BCUT2D eigenvalue weighted by Crippen LogP contribution is 2.30. The van der Waals surface area contributed by atoms with Crippen molar-refractivity contribution in [2.75, 3.05) is 19.8 Å². The van der Waals surface area contributed by atoms with Crippen molar-refractivity contribution in [2.24, 2.45) is 0 Å². The Balaban J connectivity index is 1.62. The maximum Gasteiger partial charge on any atom is 0.220 e. The molecule has 2 aliphatic rings. The number of nitrogens with one attached hydrogen (secondary N) is 1. The van der Waals surface area contributed by atoms with E-state index in [0.717, 1.165) is 32.1 Å². The first kappa shape index (κ1) is 76.6. The van der Waals surface area contributed by atoms with Crippen LogP contribution in [0.15, 0.2) is 24.3 Å². The molecule has 12 unspecified atom stereocenters. The van der Waals surface area contributed by atoms with Crippen molar-refractivity contribution >= 4 is 5.91 Å². The second-order valence-corrected chi connectivity index (χ2v) is 24.7. The summed E-state index contributed by atoms with van der Waals surface area (Å²) in [5.74, 6) is -0.243. The highest BCUT2D eigenvalue weighted by molar-refractivity contribution is 5.76. The maximum atomic E-state index is 13.3. The van der Waals surface area contributed by atoms with E-state index < -0.39 is 86.8 Å². The first-order chi connectivity index (χ1) is 40.1. The molecule has 1 amide bonds. The fourth-order valence-corrected chi connectivity index (χ4v) is 11.6. The third-order valence-corrected chi connectivity index (χ3v) is 17.1. The number of amides is 1. The van der Waals surface area contributed by atoms with Gasteiger partial charge in [-0.15, -0.1) is 0 Å². The quantitative estimate of drug-likeness (QED) is 0.0204. The zero-order valence-electron chi connectivity index (χ0n) is 52.5. The average Bonchev–Trinajstić information content (AvgIpc) is 3.67. The minimum absolute atomic E-state index is 0.243. The molecule has 2 heterocycles. The van der Waals surface area contributed by atoms with Crippen molar-refractivity contribution in [1.29, 1.82) is 0 Å². The molecule has 0 radical (unpaired) electrons. The zero-order chi connectivity index (χ0) is 59.5. The van der Waals surface area contributed by atoms with Crippen LogP contribution in [0.3, 0.4) is 0 Å². The summed E-state index contributed by atoms with van der Waals surface area (Å²) in [5.41, 5.74) is 0. The molecule has 0 saturated carbocycles. The van der Waals surface area contributed by atoms with Gasteiger partial charge in [-0.25, -0.2) is 0 Å². The van der Waals surface area contributed by atoms with Gasteiger partial charge in [0.05, 0.1) is 32.0 Å². The normalized spacial score (nSPS) is 24.0. The van der Waals surface area contributed by atoms with Gasteiger partial charge in [0.25, 0.3) is 0 Å². The van der Waals surface area contributed by atoms with Gasteiger partial charge in [-0.3, -0.25) is 4.79 Å². The number of allylic oxidation sites excluding steroid dienone is 3. The number of ether oxygens (including phenoxy) is 4. The Morgan fingerprint density at radius 1 is 0.427 bits per heavy atom. The van der Waals surface area contributed by atoms with Crippen molar-refractivity contribution in [3.63, 3.8) is 0 Å². The van der Waals surface area contributed by atoms with Gasteiger partial charge in [-0.2, -0.15) is 0 Å². The third-order valence-electron chi connectivity index (χ3n) is 17.1. The fraction of sp³-hybridized carbons (Fsp3) is 0.926. The fourth-order valence-electron chi connectivity index (χ4n) is 11.6. The predicted octanol–water partition coefficient (Wildman–Crippen LogP) is 13.6. The summed E-state index contributed by atoms with van der Waals surface area (Å²) in [6, 6.07) is -0.928. The largest absolute Gasteiger partial charge is 0.394 e. The van der Waals surface area contributed by atoms with E-state index in [0.29, 0.717) is 12.8 Å². The molecule has 0 bridgehead atoms. The second-order valence-electron chi connectivity index (χ2n) is 24.7. The lowest BCUT2D eigenvalue weighted by Gasteiger charge is -2.46. The van der Waals surface area contributed by atoms with Gasteiger partial charge in [-0.05, 0) is 32.1 Å². The van der Waals surface area contributed by atoms with Crippen LogP contribution in [0.1, 0.15) is 309 Å². The topological polar surface area (TPSA) is 228 Å². The molecule has 14 heteroatoms. The van der Waals surface area contributed by atoms with Crippen molar-refractivity contribution in [2.45, 2.75) is 383 Å². The first-order valence-electron chi connectivity index (χ1n) is 34.6. The van der Waals surface area contributed by atoms with E-state index >= 15 is 0 Å². The summed E-state index contributed by atoms with van der Waals surface area (Å²) in [6.07, 6.45) is 49.7. The molecule has 12 atom stereocenters. The second kappa shape index (κ2) is 53.7. The van der Waals surface area contributed by atoms with E-state index in [2.05, 4.69) is 31.3 Å². The molecule has 14 nitrogen and oxygen atoms in total. The van der Waals surface area contributed by atoms with Crippen LogP contribution in [0.5, 0.6) is 0 Å². The molecule has 2 aliphatic heterocycles. The van der Waals surface area contributed by atoms with Crippen LogP contribution in [-0.4, -0.2) is 140 Å². The standard InChI is InChI=1S/C68H129NO13/c1-3-5-7-9-11-13-15-17-19-20-21-22-23-24-25-26-27-28-29-30-31-32-33-34-35-36-38-40-42-44-46-48-50-52-60(73)69-56(57(72)51-49-47-45-43-41-39-37-18-16-14-12-10-8-6-4-2)55-79-67-65(78)63(76)66(59(54-71)81-67)82-68-64(77)62(75)61(74)58(53-70)80-68/h41,43,49,51,56-59,61-68,70-72,74-78H,3-40,42,44-48,50,52-55H2,1-2H3,(H,69,73)/b43-41+,51-49+. The summed E-state index contributed by atoms with van der Waals surface area (Å²) >= 11 is 0. The molecule has 0 aliphatic carbocycles. The monoisotopic (exact) mass is 1170 g/mol. The molecular formula is C68H129NO13. The van der Waals surface area contributed by atoms with E-state index in [1.807, 2.05) is 6.08 Å². The Bertz CT molecular complexity index is 1470. The highest BCUT2D eigenvalue weighted by atomic mass is 16.7. The number of hydrogen-bond donors (Lipinski definition) is 9. The average molecular weight is 1170 g/mol. The summed E-state index contributed by atoms with van der Waals surface area (Å²) in [7, 11) is 0. The maximum absolute atomic E-state index is 13.3. The Kier molecular flexibility index (Phi) is 50.1. The highest BCUT2D eigenvalue weighted by Gasteiger charge is 2.51. The van der Waals surface area contributed by atoms with Crippen LogP contribution in [0.4, 0.5) is 0 Å². The summed E-state index contributed by atoms with van der Waals surface area (Å²) in [4.78, 5) is 13.3. The molecule has 2 saturated heterocycles. The van der Waals surface area contributed by atoms with Gasteiger partial charge in [0.15, 0.2) is 12.6 Å². The predicted molar refractivity (Wildman–Crippen MR) is 332 cm³/mol. The zero-order valence-corrected chi connectivity index (χ0v) is 52.5. The van der Waals surface area contributed by atoms with E-state index in [-0.39, 0.29) is 18.9 Å². The number of hydrogen-bond acceptors (Lipinski definition) is 13. The van der Waals surface area contributed by atoms with Gasteiger partial charge in [0, 0.05) is 6.42 Å². The summed E-state index contributed by atoms with van der Waals surface area (Å²) < 4.78 is 22.8. The number of rotatable bonds is 57. The lowest BCUT2D eigenvalue weighted by Crippen LogP contribution is -2.65. The van der Waals surface area contributed by atoms with Crippen LogP contribution in [0, 0.1) is 0 Å². The summed E-state index contributed by atoms with van der Waals surface area (Å²) in [5, 5.41) is 87.2. The molecule has 2 fully saturated rings. The van der Waals surface area contributed by atoms with Gasteiger partial charge >= 0.3 is 0 Å². The van der Waals surface area contributed by atoms with Crippen LogP contribution in [0.2, 0.25) is 0 Å².